The lowest BCUT2D eigenvalue weighted by atomic mass is 10.3. The van der Waals surface area contributed by atoms with Gasteiger partial charge in [-0.15, -0.1) is 13.2 Å². The fraction of sp³-hybridized carbons (Fsp3) is 0.0833. The average molecular weight is 280 g/mol. The first kappa shape index (κ1) is 13.6. The summed E-state index contributed by atoms with van der Waals surface area (Å²) in [4.78, 5) is 7.61. The first-order valence-electron chi connectivity index (χ1n) is 5.33. The zero-order valence-corrected chi connectivity index (χ0v) is 9.85. The molecule has 1 aromatic heterocycles. The van der Waals surface area contributed by atoms with Crippen molar-refractivity contribution in [1.29, 1.82) is 5.26 Å². The fourth-order valence-corrected chi connectivity index (χ4v) is 1.39. The molecular formula is C12H7F3N4O. The second-order valence-corrected chi connectivity index (χ2v) is 3.55. The zero-order chi connectivity index (χ0) is 14.6. The molecule has 1 heterocycles. The van der Waals surface area contributed by atoms with Gasteiger partial charge in [0.2, 0.25) is 5.95 Å². The molecule has 0 aliphatic heterocycles. The molecule has 8 heteroatoms. The highest BCUT2D eigenvalue weighted by molar-refractivity contribution is 5.62. The maximum absolute atomic E-state index is 12.3. The predicted molar refractivity (Wildman–Crippen MR) is 63.2 cm³/mol. The molecule has 0 fully saturated rings. The van der Waals surface area contributed by atoms with Crippen molar-refractivity contribution in [2.75, 3.05) is 5.32 Å². The summed E-state index contributed by atoms with van der Waals surface area (Å²) in [5.41, 5.74) is 0.136. The number of halogens is 3. The average Bonchev–Trinajstić information content (AvgIpc) is 2.40. The molecule has 0 aliphatic carbocycles. The second kappa shape index (κ2) is 5.44. The van der Waals surface area contributed by atoms with Crippen LogP contribution in [0.4, 0.5) is 24.8 Å². The number of rotatable bonds is 3. The molecule has 0 atom stereocenters. The topological polar surface area (TPSA) is 70.8 Å². The Labute approximate surface area is 111 Å². The second-order valence-electron chi connectivity index (χ2n) is 3.55. The van der Waals surface area contributed by atoms with Crippen molar-refractivity contribution in [3.63, 3.8) is 0 Å². The first-order valence-corrected chi connectivity index (χ1v) is 5.33. The van der Waals surface area contributed by atoms with Crippen LogP contribution < -0.4 is 10.1 Å². The third kappa shape index (κ3) is 3.58. The van der Waals surface area contributed by atoms with Crippen LogP contribution in [0.2, 0.25) is 0 Å². The number of nitrogens with zero attached hydrogens (tertiary/aromatic N) is 3. The van der Waals surface area contributed by atoms with Gasteiger partial charge in [0.15, 0.2) is 5.75 Å². The van der Waals surface area contributed by atoms with Crippen LogP contribution in [0.15, 0.2) is 36.5 Å². The minimum absolute atomic E-state index is 0.00211. The molecule has 20 heavy (non-hydrogen) atoms. The maximum atomic E-state index is 12.3. The molecule has 2 rings (SSSR count). The summed E-state index contributed by atoms with van der Waals surface area (Å²) >= 11 is 0. The number of alkyl halides is 3. The standard InChI is InChI=1S/C12H7F3N4O/c13-12(14,15)20-10-4-2-1-3-9(10)19-11-17-6-5-8(7-16)18-11/h1-6H,(H,17,18,19). The van der Waals surface area contributed by atoms with Crippen LogP contribution in [0.1, 0.15) is 5.69 Å². The van der Waals surface area contributed by atoms with Crippen LogP contribution >= 0.6 is 0 Å². The number of para-hydroxylation sites is 2. The van der Waals surface area contributed by atoms with E-state index in [9.17, 15) is 13.2 Å². The van der Waals surface area contributed by atoms with E-state index < -0.39 is 12.1 Å². The van der Waals surface area contributed by atoms with Crippen molar-refractivity contribution in [2.45, 2.75) is 6.36 Å². The molecule has 1 N–H and O–H groups in total. The Kier molecular flexibility index (Phi) is 3.70. The lowest BCUT2D eigenvalue weighted by molar-refractivity contribution is -0.274. The van der Waals surface area contributed by atoms with Crippen molar-refractivity contribution in [3.05, 3.63) is 42.2 Å². The highest BCUT2D eigenvalue weighted by Crippen LogP contribution is 2.31. The molecule has 1 aromatic carbocycles. The van der Waals surface area contributed by atoms with Gasteiger partial charge in [0, 0.05) is 6.20 Å². The summed E-state index contributed by atoms with van der Waals surface area (Å²) in [5, 5.41) is 11.3. The zero-order valence-electron chi connectivity index (χ0n) is 9.85. The Bertz CT molecular complexity index is 652. The van der Waals surface area contributed by atoms with Crippen molar-refractivity contribution >= 4 is 11.6 Å². The van der Waals surface area contributed by atoms with Gasteiger partial charge in [-0.3, -0.25) is 0 Å². The molecule has 0 amide bonds. The Morgan fingerprint density at radius 3 is 2.65 bits per heavy atom. The van der Waals surface area contributed by atoms with E-state index in [0.717, 1.165) is 6.07 Å². The summed E-state index contributed by atoms with van der Waals surface area (Å²) in [5.74, 6) is -0.409. The predicted octanol–water partition coefficient (Wildman–Crippen LogP) is 2.99. The van der Waals surface area contributed by atoms with Crippen molar-refractivity contribution in [1.82, 2.24) is 9.97 Å². The Morgan fingerprint density at radius 1 is 1.20 bits per heavy atom. The van der Waals surface area contributed by atoms with Gasteiger partial charge >= 0.3 is 6.36 Å². The number of benzene rings is 1. The van der Waals surface area contributed by atoms with Crippen LogP contribution in [0.3, 0.4) is 0 Å². The molecule has 5 nitrogen and oxygen atoms in total. The number of hydrogen-bond donors (Lipinski definition) is 1. The van der Waals surface area contributed by atoms with E-state index in [-0.39, 0.29) is 17.3 Å². The van der Waals surface area contributed by atoms with E-state index in [1.165, 1.54) is 30.5 Å². The molecule has 102 valence electrons. The van der Waals surface area contributed by atoms with Gasteiger partial charge < -0.3 is 10.1 Å². The lowest BCUT2D eigenvalue weighted by Crippen LogP contribution is -2.18. The van der Waals surface area contributed by atoms with Crippen molar-refractivity contribution in [3.8, 4) is 11.8 Å². The van der Waals surface area contributed by atoms with E-state index >= 15 is 0 Å². The van der Waals surface area contributed by atoms with E-state index in [2.05, 4.69) is 20.0 Å². The van der Waals surface area contributed by atoms with Gasteiger partial charge in [0.05, 0.1) is 5.69 Å². The minimum atomic E-state index is -4.80. The van der Waals surface area contributed by atoms with Crippen LogP contribution in [0.5, 0.6) is 5.75 Å². The van der Waals surface area contributed by atoms with E-state index in [1.54, 1.807) is 6.07 Å². The fourth-order valence-electron chi connectivity index (χ4n) is 1.39. The largest absolute Gasteiger partial charge is 0.573 e. The molecular weight excluding hydrogens is 273 g/mol. The normalized spacial score (nSPS) is 10.7. The number of nitrogens with one attached hydrogen (secondary N) is 1. The smallest absolute Gasteiger partial charge is 0.404 e. The van der Waals surface area contributed by atoms with Gasteiger partial charge in [-0.1, -0.05) is 12.1 Å². The number of hydrogen-bond acceptors (Lipinski definition) is 5. The molecule has 0 aliphatic rings. The Balaban J connectivity index is 2.27. The van der Waals surface area contributed by atoms with Gasteiger partial charge in [0.1, 0.15) is 11.8 Å². The number of aromatic nitrogens is 2. The van der Waals surface area contributed by atoms with Gasteiger partial charge in [0.25, 0.3) is 0 Å². The monoisotopic (exact) mass is 280 g/mol. The van der Waals surface area contributed by atoms with Crippen molar-refractivity contribution in [2.24, 2.45) is 0 Å². The van der Waals surface area contributed by atoms with E-state index in [4.69, 9.17) is 5.26 Å². The van der Waals surface area contributed by atoms with E-state index in [0.29, 0.717) is 0 Å². The number of nitriles is 1. The number of anilines is 2. The van der Waals surface area contributed by atoms with Crippen LogP contribution in [0.25, 0.3) is 0 Å². The summed E-state index contributed by atoms with van der Waals surface area (Å²) in [6, 6.07) is 8.65. The molecule has 0 radical (unpaired) electrons. The third-order valence-corrected chi connectivity index (χ3v) is 2.13. The summed E-state index contributed by atoms with van der Waals surface area (Å²) < 4.78 is 40.6. The van der Waals surface area contributed by atoms with Crippen LogP contribution in [-0.2, 0) is 0 Å². The number of ether oxygens (including phenoxy) is 1. The summed E-state index contributed by atoms with van der Waals surface area (Å²) in [6.07, 6.45) is -3.48. The Hall–Kier alpha value is -2.82. The van der Waals surface area contributed by atoms with Crippen LogP contribution in [0, 0.1) is 11.3 Å². The molecule has 0 bridgehead atoms. The Morgan fingerprint density at radius 2 is 1.95 bits per heavy atom. The lowest BCUT2D eigenvalue weighted by Gasteiger charge is -2.13. The molecule has 0 unspecified atom stereocenters. The van der Waals surface area contributed by atoms with Gasteiger partial charge in [-0.2, -0.15) is 5.26 Å². The quantitative estimate of drug-likeness (QED) is 0.935. The molecule has 0 saturated heterocycles. The van der Waals surface area contributed by atoms with Crippen LogP contribution in [-0.4, -0.2) is 16.3 Å². The highest BCUT2D eigenvalue weighted by atomic mass is 19.4. The van der Waals surface area contributed by atoms with Crippen molar-refractivity contribution < 1.29 is 17.9 Å². The molecule has 2 aromatic rings. The maximum Gasteiger partial charge on any atom is 0.573 e. The minimum Gasteiger partial charge on any atom is -0.404 e. The van der Waals surface area contributed by atoms with E-state index in [1.807, 2.05) is 0 Å². The molecule has 0 spiro atoms. The third-order valence-electron chi connectivity index (χ3n) is 2.13. The first-order chi connectivity index (χ1) is 9.48. The summed E-state index contributed by atoms with van der Waals surface area (Å²) in [7, 11) is 0. The molecule has 0 saturated carbocycles. The van der Waals surface area contributed by atoms with Gasteiger partial charge in [-0.25, -0.2) is 9.97 Å². The highest BCUT2D eigenvalue weighted by Gasteiger charge is 2.32. The summed E-state index contributed by atoms with van der Waals surface area (Å²) in [6.45, 7) is 0. The van der Waals surface area contributed by atoms with Gasteiger partial charge in [-0.05, 0) is 18.2 Å². The SMILES string of the molecule is N#Cc1ccnc(Nc2ccccc2OC(F)(F)F)n1.